The molecule has 3 aromatic rings. The first kappa shape index (κ1) is 37.6. The summed E-state index contributed by atoms with van der Waals surface area (Å²) < 4.78 is 29.9. The highest BCUT2D eigenvalue weighted by Crippen LogP contribution is 2.44. The normalized spacial score (nSPS) is 13.6. The lowest BCUT2D eigenvalue weighted by molar-refractivity contribution is -0.145. The molecule has 0 saturated carbocycles. The smallest absolute Gasteiger partial charge is 0.407 e. The summed E-state index contributed by atoms with van der Waals surface area (Å²) in [4.78, 5) is 39.5. The SMILES string of the molecule is CCCNP(=O)(NCCC)Oc1ccc(C[C@H](NC(=O)OCC2c3ccccc3-c3ccccc32)C(=O)N[C@@H](CC(C)C)C(=O)OC)cc1. The second-order valence-corrected chi connectivity index (χ2v) is 14.5. The summed E-state index contributed by atoms with van der Waals surface area (Å²) in [6, 6.07) is 20.9. The van der Waals surface area contributed by atoms with Gasteiger partial charge in [0.25, 0.3) is 0 Å². The van der Waals surface area contributed by atoms with Crippen LogP contribution in [0.5, 0.6) is 5.75 Å². The van der Waals surface area contributed by atoms with Gasteiger partial charge in [0.15, 0.2) is 0 Å². The van der Waals surface area contributed by atoms with E-state index >= 15 is 0 Å². The molecule has 2 amide bonds. The lowest BCUT2D eigenvalue weighted by Gasteiger charge is -2.24. The van der Waals surface area contributed by atoms with Crippen LogP contribution in [0.15, 0.2) is 72.8 Å². The lowest BCUT2D eigenvalue weighted by Crippen LogP contribution is -2.53. The number of rotatable bonds is 18. The van der Waals surface area contributed by atoms with Crippen molar-refractivity contribution in [2.75, 3.05) is 26.8 Å². The largest absolute Gasteiger partial charge is 0.467 e. The quantitative estimate of drug-likeness (QED) is 0.0889. The fraction of sp³-hybridized carbons (Fsp3) is 0.432. The number of carbonyl (C=O) groups excluding carboxylic acids is 3. The van der Waals surface area contributed by atoms with Crippen molar-refractivity contribution in [3.05, 3.63) is 89.5 Å². The van der Waals surface area contributed by atoms with E-state index < -0.39 is 37.7 Å². The minimum atomic E-state index is -3.33. The van der Waals surface area contributed by atoms with E-state index in [1.807, 2.05) is 64.1 Å². The minimum Gasteiger partial charge on any atom is -0.467 e. The van der Waals surface area contributed by atoms with Gasteiger partial charge in [-0.3, -0.25) is 4.79 Å². The van der Waals surface area contributed by atoms with Gasteiger partial charge in [0, 0.05) is 25.4 Å². The third kappa shape index (κ3) is 10.4. The lowest BCUT2D eigenvalue weighted by atomic mass is 9.98. The Labute approximate surface area is 289 Å². The number of ether oxygens (including phenoxy) is 2. The average Bonchev–Trinajstić information content (AvgIpc) is 3.42. The maximum absolute atomic E-state index is 13.7. The molecule has 3 aromatic carbocycles. The summed E-state index contributed by atoms with van der Waals surface area (Å²) in [7, 11) is -2.06. The van der Waals surface area contributed by atoms with Gasteiger partial charge in [-0.15, -0.1) is 0 Å². The van der Waals surface area contributed by atoms with E-state index in [1.165, 1.54) is 7.11 Å². The number of amides is 2. The first-order chi connectivity index (χ1) is 23.6. The van der Waals surface area contributed by atoms with Crippen molar-refractivity contribution < 1.29 is 32.9 Å². The predicted molar refractivity (Wildman–Crippen MR) is 190 cm³/mol. The molecule has 0 aromatic heterocycles. The fourth-order valence-corrected chi connectivity index (χ4v) is 7.50. The predicted octanol–water partition coefficient (Wildman–Crippen LogP) is 6.33. The molecule has 264 valence electrons. The molecule has 0 bridgehead atoms. The summed E-state index contributed by atoms with van der Waals surface area (Å²) in [5.41, 5.74) is 5.05. The number of fused-ring (bicyclic) bond motifs is 3. The number of esters is 1. The number of alkyl carbamates (subject to hydrolysis) is 1. The average molecular weight is 693 g/mol. The first-order valence-corrected chi connectivity index (χ1v) is 18.6. The molecule has 0 saturated heterocycles. The number of hydrogen-bond acceptors (Lipinski definition) is 7. The minimum absolute atomic E-state index is 0.0799. The van der Waals surface area contributed by atoms with E-state index in [0.717, 1.165) is 35.1 Å². The molecule has 1 aliphatic rings. The highest BCUT2D eigenvalue weighted by molar-refractivity contribution is 7.55. The summed E-state index contributed by atoms with van der Waals surface area (Å²) in [5.74, 6) is -0.793. The number of carbonyl (C=O) groups is 3. The Kier molecular flexibility index (Phi) is 13.8. The molecule has 2 atom stereocenters. The van der Waals surface area contributed by atoms with Gasteiger partial charge in [-0.1, -0.05) is 88.4 Å². The molecular weight excluding hydrogens is 643 g/mol. The standard InChI is InChI=1S/C37H49N4O7P/c1-6-20-38-49(45,39-21-7-2)48-27-18-16-26(17-19-27)23-33(35(42)40-34(22-25(3)4)36(43)46-5)41-37(44)47-24-32-30-14-10-8-12-28(30)29-13-9-11-15-31(29)32/h8-19,25,32-34H,6-7,20-24H2,1-5H3,(H,40,42)(H,41,44)(H2,38,39,45)/t33-,34-/m0/s1. The van der Waals surface area contributed by atoms with Gasteiger partial charge in [-0.2, -0.15) is 0 Å². The summed E-state index contributed by atoms with van der Waals surface area (Å²) >= 11 is 0. The Hall–Kier alpha value is -4.18. The molecule has 0 heterocycles. The van der Waals surface area contributed by atoms with Crippen molar-refractivity contribution in [2.24, 2.45) is 5.92 Å². The van der Waals surface area contributed by atoms with Crippen LogP contribution in [0.4, 0.5) is 4.79 Å². The van der Waals surface area contributed by atoms with Gasteiger partial charge in [-0.25, -0.2) is 24.3 Å². The summed E-state index contributed by atoms with van der Waals surface area (Å²) in [5, 5.41) is 11.4. The van der Waals surface area contributed by atoms with Gasteiger partial charge in [0.05, 0.1) is 7.11 Å². The zero-order valence-corrected chi connectivity index (χ0v) is 29.9. The Morgan fingerprint density at radius 2 is 1.37 bits per heavy atom. The first-order valence-electron chi connectivity index (χ1n) is 17.0. The monoisotopic (exact) mass is 692 g/mol. The number of nitrogens with one attached hydrogen (secondary N) is 4. The highest BCUT2D eigenvalue weighted by atomic mass is 31.2. The second kappa shape index (κ2) is 18.0. The van der Waals surface area contributed by atoms with Crippen molar-refractivity contribution in [1.82, 2.24) is 20.8 Å². The molecular formula is C37H49N4O7P. The van der Waals surface area contributed by atoms with E-state index in [4.69, 9.17) is 14.0 Å². The summed E-state index contributed by atoms with van der Waals surface area (Å²) in [6.45, 7) is 8.95. The van der Waals surface area contributed by atoms with Crippen molar-refractivity contribution in [3.8, 4) is 16.9 Å². The van der Waals surface area contributed by atoms with Crippen LogP contribution in [0.1, 0.15) is 69.6 Å². The van der Waals surface area contributed by atoms with Crippen LogP contribution in [0.2, 0.25) is 0 Å². The molecule has 4 N–H and O–H groups in total. The van der Waals surface area contributed by atoms with E-state index in [1.54, 1.807) is 24.3 Å². The third-order valence-electron chi connectivity index (χ3n) is 8.20. The molecule has 0 fully saturated rings. The molecule has 11 nitrogen and oxygen atoms in total. The molecule has 0 aliphatic heterocycles. The third-order valence-corrected chi connectivity index (χ3v) is 9.95. The second-order valence-electron chi connectivity index (χ2n) is 12.5. The van der Waals surface area contributed by atoms with Crippen LogP contribution in [-0.4, -0.2) is 56.9 Å². The Morgan fingerprint density at radius 3 is 1.90 bits per heavy atom. The molecule has 12 heteroatoms. The van der Waals surface area contributed by atoms with Crippen LogP contribution in [0.25, 0.3) is 11.1 Å². The molecule has 49 heavy (non-hydrogen) atoms. The van der Waals surface area contributed by atoms with Crippen LogP contribution >= 0.6 is 7.67 Å². The van der Waals surface area contributed by atoms with Crippen molar-refractivity contribution in [1.29, 1.82) is 0 Å². The van der Waals surface area contributed by atoms with Crippen LogP contribution < -0.4 is 25.3 Å². The van der Waals surface area contributed by atoms with Crippen LogP contribution in [0, 0.1) is 5.92 Å². The number of hydrogen-bond donors (Lipinski definition) is 4. The Morgan fingerprint density at radius 1 is 0.796 bits per heavy atom. The highest BCUT2D eigenvalue weighted by Gasteiger charge is 2.31. The zero-order chi connectivity index (χ0) is 35.4. The number of methoxy groups -OCH3 is 1. The van der Waals surface area contributed by atoms with Gasteiger partial charge in [0.1, 0.15) is 24.4 Å². The van der Waals surface area contributed by atoms with Gasteiger partial charge < -0.3 is 24.6 Å². The van der Waals surface area contributed by atoms with E-state index in [2.05, 4.69) is 32.9 Å². The van der Waals surface area contributed by atoms with Crippen molar-refractivity contribution in [2.45, 2.75) is 71.4 Å². The van der Waals surface area contributed by atoms with Gasteiger partial charge >= 0.3 is 19.7 Å². The van der Waals surface area contributed by atoms with Crippen molar-refractivity contribution >= 4 is 25.6 Å². The topological polar surface area (TPSA) is 144 Å². The van der Waals surface area contributed by atoms with Crippen LogP contribution in [-0.2, 0) is 30.0 Å². The van der Waals surface area contributed by atoms with E-state index in [0.29, 0.717) is 30.8 Å². The van der Waals surface area contributed by atoms with Gasteiger partial charge in [-0.05, 0) is 65.1 Å². The van der Waals surface area contributed by atoms with E-state index in [9.17, 15) is 18.9 Å². The molecule has 1 aliphatic carbocycles. The number of benzene rings is 3. The van der Waals surface area contributed by atoms with Crippen LogP contribution in [0.3, 0.4) is 0 Å². The Balaban J connectivity index is 1.50. The zero-order valence-electron chi connectivity index (χ0n) is 29.0. The summed E-state index contributed by atoms with van der Waals surface area (Å²) in [6.07, 6.45) is 1.26. The van der Waals surface area contributed by atoms with E-state index in [-0.39, 0.29) is 24.9 Å². The fourth-order valence-electron chi connectivity index (χ4n) is 5.80. The van der Waals surface area contributed by atoms with Crippen molar-refractivity contribution in [3.63, 3.8) is 0 Å². The maximum atomic E-state index is 13.7. The molecule has 0 radical (unpaired) electrons. The van der Waals surface area contributed by atoms with Gasteiger partial charge in [0.2, 0.25) is 5.91 Å². The Bertz CT molecular complexity index is 1560. The molecule has 0 spiro atoms. The molecule has 4 rings (SSSR count). The molecule has 0 unspecified atom stereocenters. The maximum Gasteiger partial charge on any atom is 0.407 e.